The van der Waals surface area contributed by atoms with E-state index in [4.69, 9.17) is 47.4 Å². The van der Waals surface area contributed by atoms with Gasteiger partial charge in [0.15, 0.2) is 25.2 Å². The van der Waals surface area contributed by atoms with Crippen molar-refractivity contribution in [2.45, 2.75) is 137 Å². The van der Waals surface area contributed by atoms with Crippen LogP contribution in [-0.2, 0) is 37.9 Å². The van der Waals surface area contributed by atoms with Crippen molar-refractivity contribution in [3.8, 4) is 11.5 Å². The molecule has 0 saturated heterocycles. The zero-order valence-electron chi connectivity index (χ0n) is 33.1. The summed E-state index contributed by atoms with van der Waals surface area (Å²) in [4.78, 5) is 0. The zero-order chi connectivity index (χ0) is 37.4. The van der Waals surface area contributed by atoms with E-state index in [2.05, 4.69) is 27.7 Å². The Bertz CT molecular complexity index is 1360. The summed E-state index contributed by atoms with van der Waals surface area (Å²) >= 11 is 0. The number of rotatable bonds is 15. The first kappa shape index (κ1) is 40.9. The molecule has 2 aromatic rings. The van der Waals surface area contributed by atoms with E-state index >= 15 is 0 Å². The lowest BCUT2D eigenvalue weighted by atomic mass is 9.85. The Hall–Kier alpha value is -2.28. The normalized spacial score (nSPS) is 29.3. The molecule has 0 N–H and O–H groups in total. The van der Waals surface area contributed by atoms with Gasteiger partial charge in [-0.3, -0.25) is 0 Å². The number of ether oxygens (including phenoxy) is 10. The lowest BCUT2D eigenvalue weighted by Crippen LogP contribution is -2.46. The fourth-order valence-electron chi connectivity index (χ4n) is 8.04. The van der Waals surface area contributed by atoms with Crippen LogP contribution < -0.4 is 9.47 Å². The molecular weight excluding hydrogens is 664 g/mol. The number of fused-ring (bicyclic) bond motifs is 4. The largest absolute Gasteiger partial charge is 0.493 e. The first-order valence-electron chi connectivity index (χ1n) is 19.3. The van der Waals surface area contributed by atoms with Gasteiger partial charge in [0, 0.05) is 43.6 Å². The predicted molar refractivity (Wildman–Crippen MR) is 198 cm³/mol. The van der Waals surface area contributed by atoms with Crippen molar-refractivity contribution >= 4 is 0 Å². The van der Waals surface area contributed by atoms with E-state index in [1.165, 1.54) is 12.8 Å². The molecular formula is C42H64O10. The lowest BCUT2D eigenvalue weighted by molar-refractivity contribution is -0.258. The van der Waals surface area contributed by atoms with Gasteiger partial charge < -0.3 is 47.4 Å². The van der Waals surface area contributed by atoms with Gasteiger partial charge in [-0.15, -0.1) is 0 Å². The summed E-state index contributed by atoms with van der Waals surface area (Å²) in [5.41, 5.74) is 2.11. The van der Waals surface area contributed by atoms with E-state index in [-0.39, 0.29) is 61.1 Å². The standard InChI is InChI=1S/C25H32O6.C17H32O4/c1-17(29-19(3)31-25-13-15-27-23-11-7-5-9-21(23)25)16-28-18(2)30-24-12-14-26-22-10-6-4-8-20(22)24;1-10-8-12-9-13(10)15(14(12)20-11(2)18-6)21-16(19-7)17(3,4)5/h4-11,17-19,24-25H,12-16H2,1-3H3;10-16H,8-9H2,1-7H3. The Morgan fingerprint density at radius 3 is 1.83 bits per heavy atom. The molecule has 292 valence electrons. The molecule has 10 heteroatoms. The Balaban J connectivity index is 0.000000217. The topological polar surface area (TPSA) is 92.3 Å². The molecule has 2 aliphatic heterocycles. The maximum absolute atomic E-state index is 6.38. The van der Waals surface area contributed by atoms with E-state index < -0.39 is 0 Å². The summed E-state index contributed by atoms with van der Waals surface area (Å²) in [7, 11) is 3.41. The Labute approximate surface area is 312 Å². The molecule has 0 amide bonds. The second-order valence-corrected chi connectivity index (χ2v) is 15.8. The highest BCUT2D eigenvalue weighted by Gasteiger charge is 2.54. The van der Waals surface area contributed by atoms with Gasteiger partial charge in [-0.2, -0.15) is 0 Å². The summed E-state index contributed by atoms with van der Waals surface area (Å²) in [6, 6.07) is 16.0. The van der Waals surface area contributed by atoms with Gasteiger partial charge in [0.05, 0.1) is 50.3 Å². The third-order valence-electron chi connectivity index (χ3n) is 10.6. The smallest absolute Gasteiger partial charge is 0.162 e. The van der Waals surface area contributed by atoms with Gasteiger partial charge in [0.1, 0.15) is 11.5 Å². The van der Waals surface area contributed by atoms with Crippen molar-refractivity contribution in [3.63, 3.8) is 0 Å². The third-order valence-corrected chi connectivity index (χ3v) is 10.6. The molecule has 2 aromatic carbocycles. The van der Waals surface area contributed by atoms with Crippen molar-refractivity contribution < 1.29 is 47.4 Å². The van der Waals surface area contributed by atoms with E-state index in [0.717, 1.165) is 35.5 Å². The molecule has 0 aromatic heterocycles. The van der Waals surface area contributed by atoms with Crippen LogP contribution in [0.1, 0.15) is 104 Å². The third kappa shape index (κ3) is 10.7. The van der Waals surface area contributed by atoms with E-state index in [9.17, 15) is 0 Å². The molecule has 2 saturated carbocycles. The first-order valence-corrected chi connectivity index (χ1v) is 19.3. The Morgan fingerprint density at radius 2 is 1.27 bits per heavy atom. The highest BCUT2D eigenvalue weighted by molar-refractivity contribution is 5.37. The van der Waals surface area contributed by atoms with Crippen LogP contribution in [0, 0.1) is 23.2 Å². The molecule has 0 spiro atoms. The lowest BCUT2D eigenvalue weighted by Gasteiger charge is -2.40. The molecule has 0 radical (unpaired) electrons. The van der Waals surface area contributed by atoms with Crippen LogP contribution in [0.25, 0.3) is 0 Å². The quantitative estimate of drug-likeness (QED) is 0.166. The van der Waals surface area contributed by atoms with E-state index in [1.807, 2.05) is 76.2 Å². The molecule has 2 heterocycles. The van der Waals surface area contributed by atoms with Crippen molar-refractivity contribution in [1.29, 1.82) is 0 Å². The van der Waals surface area contributed by atoms with Crippen LogP contribution in [0.4, 0.5) is 0 Å². The van der Waals surface area contributed by atoms with Crippen LogP contribution in [0.2, 0.25) is 0 Å². The number of methoxy groups -OCH3 is 2. The highest BCUT2D eigenvalue weighted by atomic mass is 16.7. The first-order chi connectivity index (χ1) is 24.9. The second-order valence-electron chi connectivity index (χ2n) is 15.8. The summed E-state index contributed by atoms with van der Waals surface area (Å²) < 4.78 is 59.0. The van der Waals surface area contributed by atoms with Crippen molar-refractivity contribution in [2.24, 2.45) is 23.2 Å². The van der Waals surface area contributed by atoms with Crippen LogP contribution in [0.5, 0.6) is 11.5 Å². The highest BCUT2D eigenvalue weighted by Crippen LogP contribution is 2.52. The van der Waals surface area contributed by atoms with Crippen molar-refractivity contribution in [2.75, 3.05) is 34.0 Å². The van der Waals surface area contributed by atoms with Crippen LogP contribution >= 0.6 is 0 Å². The van der Waals surface area contributed by atoms with Gasteiger partial charge in [-0.25, -0.2) is 0 Å². The molecule has 2 aliphatic carbocycles. The Morgan fingerprint density at radius 1 is 0.692 bits per heavy atom. The van der Waals surface area contributed by atoms with Crippen LogP contribution in [0.3, 0.4) is 0 Å². The summed E-state index contributed by atoms with van der Waals surface area (Å²) in [5.74, 6) is 3.65. The number of hydrogen-bond donors (Lipinski definition) is 0. The fourth-order valence-corrected chi connectivity index (χ4v) is 8.04. The molecule has 2 fully saturated rings. The minimum atomic E-state index is -0.353. The van der Waals surface area contributed by atoms with Gasteiger partial charge in [-0.1, -0.05) is 64.1 Å². The number of benzene rings is 2. The summed E-state index contributed by atoms with van der Waals surface area (Å²) in [6.07, 6.45) is 3.03. The van der Waals surface area contributed by atoms with Crippen molar-refractivity contribution in [3.05, 3.63) is 59.7 Å². The van der Waals surface area contributed by atoms with Gasteiger partial charge in [-0.05, 0) is 70.4 Å². The van der Waals surface area contributed by atoms with Gasteiger partial charge in [0.25, 0.3) is 0 Å². The molecule has 6 rings (SSSR count). The summed E-state index contributed by atoms with van der Waals surface area (Å²) in [5, 5.41) is 0. The fraction of sp³-hybridized carbons (Fsp3) is 0.714. The second kappa shape index (κ2) is 18.8. The average molecular weight is 729 g/mol. The molecule has 10 nitrogen and oxygen atoms in total. The molecule has 52 heavy (non-hydrogen) atoms. The molecule has 12 atom stereocenters. The average Bonchev–Trinajstić information content (AvgIpc) is 3.66. The maximum atomic E-state index is 6.38. The van der Waals surface area contributed by atoms with Crippen molar-refractivity contribution in [1.82, 2.24) is 0 Å². The zero-order valence-corrected chi connectivity index (χ0v) is 33.1. The molecule has 2 bridgehead atoms. The van der Waals surface area contributed by atoms with Crippen LogP contribution in [-0.4, -0.2) is 77.5 Å². The monoisotopic (exact) mass is 728 g/mol. The minimum Gasteiger partial charge on any atom is -0.493 e. The van der Waals surface area contributed by atoms with Gasteiger partial charge >= 0.3 is 0 Å². The van der Waals surface area contributed by atoms with Crippen LogP contribution in [0.15, 0.2) is 48.5 Å². The summed E-state index contributed by atoms with van der Waals surface area (Å²) in [6.45, 7) is 18.3. The number of hydrogen-bond acceptors (Lipinski definition) is 10. The van der Waals surface area contributed by atoms with Gasteiger partial charge in [0.2, 0.25) is 0 Å². The minimum absolute atomic E-state index is 0.0213. The SMILES string of the molecule is CC(COC(C)OC1CCOc2ccccc21)OC(C)OC1CCOc2ccccc21.COC(C)OC1C2CC(C)C(C2)C1OC(OC)C(C)(C)C. The predicted octanol–water partition coefficient (Wildman–Crippen LogP) is 8.62. The van der Waals surface area contributed by atoms with E-state index in [0.29, 0.717) is 37.6 Å². The Kier molecular flexibility index (Phi) is 14.8. The van der Waals surface area contributed by atoms with E-state index in [1.54, 1.807) is 14.2 Å². The molecule has 12 unspecified atom stereocenters. The maximum Gasteiger partial charge on any atom is 0.162 e. The molecule has 4 aliphatic rings. The number of para-hydroxylation sites is 2.